The molecule has 2 heterocycles. The van der Waals surface area contributed by atoms with Crippen LogP contribution in [0.5, 0.6) is 5.75 Å². The van der Waals surface area contributed by atoms with Gasteiger partial charge < -0.3 is 14.6 Å². The SMILES string of the molecule is CCc1c[nH]c(=O)n(CCCN2CCN(c3ccccc3OC(F)(F)F)CC2)c1=O. The molecule has 1 aliphatic heterocycles. The van der Waals surface area contributed by atoms with E-state index in [-0.39, 0.29) is 11.3 Å². The summed E-state index contributed by atoms with van der Waals surface area (Å²) in [7, 11) is 0. The van der Waals surface area contributed by atoms with E-state index in [1.165, 1.54) is 22.9 Å². The molecule has 0 bridgehead atoms. The second kappa shape index (κ2) is 9.38. The molecule has 0 aliphatic carbocycles. The number of H-pyrrole nitrogens is 1. The molecule has 1 aromatic carbocycles. The smallest absolute Gasteiger partial charge is 0.404 e. The average Bonchev–Trinajstić information content (AvgIpc) is 2.70. The number of ether oxygens (including phenoxy) is 1. The second-order valence-electron chi connectivity index (χ2n) is 7.13. The predicted octanol–water partition coefficient (Wildman–Crippen LogP) is 2.21. The first kappa shape index (κ1) is 21.9. The number of nitrogens with zero attached hydrogens (tertiary/aromatic N) is 3. The molecule has 0 amide bonds. The third kappa shape index (κ3) is 5.44. The highest BCUT2D eigenvalue weighted by molar-refractivity contribution is 5.58. The van der Waals surface area contributed by atoms with E-state index in [2.05, 4.69) is 14.6 Å². The van der Waals surface area contributed by atoms with Crippen molar-refractivity contribution >= 4 is 5.69 Å². The van der Waals surface area contributed by atoms with Crippen molar-refractivity contribution in [1.29, 1.82) is 0 Å². The van der Waals surface area contributed by atoms with Gasteiger partial charge in [0, 0.05) is 44.5 Å². The van der Waals surface area contributed by atoms with Crippen LogP contribution in [-0.2, 0) is 13.0 Å². The Bertz CT molecular complexity index is 963. The van der Waals surface area contributed by atoms with Gasteiger partial charge in [0.15, 0.2) is 5.75 Å². The molecular formula is C20H25F3N4O3. The number of aryl methyl sites for hydroxylation is 1. The maximum atomic E-state index is 12.6. The van der Waals surface area contributed by atoms with Gasteiger partial charge >= 0.3 is 12.1 Å². The third-order valence-corrected chi connectivity index (χ3v) is 5.18. The van der Waals surface area contributed by atoms with Crippen molar-refractivity contribution in [1.82, 2.24) is 14.5 Å². The van der Waals surface area contributed by atoms with Crippen molar-refractivity contribution < 1.29 is 17.9 Å². The van der Waals surface area contributed by atoms with Crippen LogP contribution in [0.15, 0.2) is 40.1 Å². The van der Waals surface area contributed by atoms with Gasteiger partial charge in [-0.05, 0) is 31.5 Å². The van der Waals surface area contributed by atoms with E-state index >= 15 is 0 Å². The molecule has 1 aromatic heterocycles. The Morgan fingerprint density at radius 2 is 1.77 bits per heavy atom. The van der Waals surface area contributed by atoms with Crippen molar-refractivity contribution in [2.24, 2.45) is 0 Å². The molecule has 1 saturated heterocycles. The highest BCUT2D eigenvalue weighted by Gasteiger charge is 2.33. The minimum absolute atomic E-state index is 0.201. The summed E-state index contributed by atoms with van der Waals surface area (Å²) in [5.41, 5.74) is 0.322. The molecule has 30 heavy (non-hydrogen) atoms. The summed E-state index contributed by atoms with van der Waals surface area (Å²) in [6.07, 6.45) is -2.09. The lowest BCUT2D eigenvalue weighted by molar-refractivity contribution is -0.274. The average molecular weight is 426 g/mol. The number of alkyl halides is 3. The van der Waals surface area contributed by atoms with Crippen molar-refractivity contribution in [3.63, 3.8) is 0 Å². The first-order valence-corrected chi connectivity index (χ1v) is 9.92. The van der Waals surface area contributed by atoms with Crippen LogP contribution in [-0.4, -0.2) is 53.5 Å². The molecule has 0 saturated carbocycles. The lowest BCUT2D eigenvalue weighted by Gasteiger charge is -2.36. The van der Waals surface area contributed by atoms with Gasteiger partial charge in [0.05, 0.1) is 5.69 Å². The third-order valence-electron chi connectivity index (χ3n) is 5.18. The van der Waals surface area contributed by atoms with E-state index in [4.69, 9.17) is 0 Å². The highest BCUT2D eigenvalue weighted by atomic mass is 19.4. The van der Waals surface area contributed by atoms with Gasteiger partial charge in [0.25, 0.3) is 5.56 Å². The Labute approximate surface area is 171 Å². The number of rotatable bonds is 7. The number of piperazine rings is 1. The van der Waals surface area contributed by atoms with E-state index in [1.54, 1.807) is 12.1 Å². The minimum atomic E-state index is -4.73. The van der Waals surface area contributed by atoms with Gasteiger partial charge in [-0.15, -0.1) is 13.2 Å². The Hall–Kier alpha value is -2.75. The summed E-state index contributed by atoms with van der Waals surface area (Å²) < 4.78 is 43.3. The molecule has 1 N–H and O–H groups in total. The summed E-state index contributed by atoms with van der Waals surface area (Å²) in [6.45, 7) is 5.33. The van der Waals surface area contributed by atoms with Crippen molar-refractivity contribution in [2.75, 3.05) is 37.6 Å². The summed E-state index contributed by atoms with van der Waals surface area (Å²) >= 11 is 0. The summed E-state index contributed by atoms with van der Waals surface area (Å²) in [4.78, 5) is 30.8. The van der Waals surface area contributed by atoms with Crippen molar-refractivity contribution in [3.05, 3.63) is 56.9 Å². The fourth-order valence-corrected chi connectivity index (χ4v) is 3.60. The van der Waals surface area contributed by atoms with Crippen LogP contribution in [0.2, 0.25) is 0 Å². The number of aromatic nitrogens is 2. The van der Waals surface area contributed by atoms with E-state index in [1.807, 2.05) is 11.8 Å². The lowest BCUT2D eigenvalue weighted by Crippen LogP contribution is -2.47. The quantitative estimate of drug-likeness (QED) is 0.735. The topological polar surface area (TPSA) is 70.6 Å². The maximum absolute atomic E-state index is 12.6. The van der Waals surface area contributed by atoms with E-state index in [9.17, 15) is 22.8 Å². The molecule has 0 spiro atoms. The molecule has 3 rings (SSSR count). The summed E-state index contributed by atoms with van der Waals surface area (Å²) in [5.74, 6) is -0.201. The monoisotopic (exact) mass is 426 g/mol. The first-order valence-electron chi connectivity index (χ1n) is 9.92. The zero-order chi connectivity index (χ0) is 21.7. The summed E-state index contributed by atoms with van der Waals surface area (Å²) in [6, 6.07) is 6.13. The maximum Gasteiger partial charge on any atom is 0.573 e. The van der Waals surface area contributed by atoms with Crippen molar-refractivity contribution in [2.45, 2.75) is 32.7 Å². The number of hydrogen-bond donors (Lipinski definition) is 1. The Morgan fingerprint density at radius 1 is 1.07 bits per heavy atom. The Balaban J connectivity index is 1.54. The van der Waals surface area contributed by atoms with Crippen LogP contribution >= 0.6 is 0 Å². The molecule has 0 unspecified atom stereocenters. The fourth-order valence-electron chi connectivity index (χ4n) is 3.60. The van der Waals surface area contributed by atoms with Gasteiger partial charge in [0.1, 0.15) is 0 Å². The van der Waals surface area contributed by atoms with Gasteiger partial charge in [-0.2, -0.15) is 0 Å². The zero-order valence-electron chi connectivity index (χ0n) is 16.7. The van der Waals surface area contributed by atoms with Crippen LogP contribution in [0.3, 0.4) is 0 Å². The minimum Gasteiger partial charge on any atom is -0.404 e. The number of hydrogen-bond acceptors (Lipinski definition) is 5. The predicted molar refractivity (Wildman–Crippen MR) is 107 cm³/mol. The van der Waals surface area contributed by atoms with E-state index in [0.29, 0.717) is 63.4 Å². The molecule has 0 radical (unpaired) electrons. The number of anilines is 1. The number of para-hydroxylation sites is 2. The number of nitrogens with one attached hydrogen (secondary N) is 1. The van der Waals surface area contributed by atoms with Gasteiger partial charge in [-0.3, -0.25) is 14.3 Å². The fraction of sp³-hybridized carbons (Fsp3) is 0.500. The second-order valence-corrected chi connectivity index (χ2v) is 7.13. The van der Waals surface area contributed by atoms with Crippen molar-refractivity contribution in [3.8, 4) is 5.75 Å². The van der Waals surface area contributed by atoms with Crippen LogP contribution < -0.4 is 20.9 Å². The van der Waals surface area contributed by atoms with E-state index in [0.717, 1.165) is 0 Å². The van der Waals surface area contributed by atoms with Crippen LogP contribution in [0.1, 0.15) is 18.9 Å². The highest BCUT2D eigenvalue weighted by Crippen LogP contribution is 2.33. The molecule has 1 aliphatic rings. The molecular weight excluding hydrogens is 401 g/mol. The number of halogens is 3. The van der Waals surface area contributed by atoms with Gasteiger partial charge in [-0.25, -0.2) is 4.79 Å². The zero-order valence-corrected chi connectivity index (χ0v) is 16.7. The molecule has 10 heteroatoms. The van der Waals surface area contributed by atoms with E-state index < -0.39 is 12.1 Å². The molecule has 164 valence electrons. The van der Waals surface area contributed by atoms with Crippen LogP contribution in [0, 0.1) is 0 Å². The molecule has 2 aromatic rings. The van der Waals surface area contributed by atoms with Crippen LogP contribution in [0.4, 0.5) is 18.9 Å². The number of aromatic amines is 1. The largest absolute Gasteiger partial charge is 0.573 e. The molecule has 0 atom stereocenters. The molecule has 1 fully saturated rings. The standard InChI is InChI=1S/C20H25F3N4O3/c1-2-15-14-24-19(29)27(18(15)28)9-5-8-25-10-12-26(13-11-25)16-6-3-4-7-17(16)30-20(21,22)23/h3-4,6-7,14H,2,5,8-13H2,1H3,(H,24,29). The molecule has 7 nitrogen and oxygen atoms in total. The normalized spacial score (nSPS) is 15.4. The number of benzene rings is 1. The Morgan fingerprint density at radius 3 is 2.43 bits per heavy atom. The lowest BCUT2D eigenvalue weighted by atomic mass is 10.2. The van der Waals surface area contributed by atoms with Gasteiger partial charge in [0.2, 0.25) is 0 Å². The van der Waals surface area contributed by atoms with Crippen LogP contribution in [0.25, 0.3) is 0 Å². The Kier molecular flexibility index (Phi) is 6.86. The first-order chi connectivity index (χ1) is 14.3. The summed E-state index contributed by atoms with van der Waals surface area (Å²) in [5, 5.41) is 0. The van der Waals surface area contributed by atoms with Gasteiger partial charge in [-0.1, -0.05) is 19.1 Å².